The molecule has 2 heterocycles. The maximum absolute atomic E-state index is 12.5. The first kappa shape index (κ1) is 15.9. The van der Waals surface area contributed by atoms with Crippen LogP contribution in [-0.4, -0.2) is 23.1 Å². The molecular weight excluding hydrogens is 332 g/mol. The zero-order valence-corrected chi connectivity index (χ0v) is 14.2. The van der Waals surface area contributed by atoms with Gasteiger partial charge < -0.3 is 0 Å². The minimum Gasteiger partial charge on any atom is -0.297 e. The summed E-state index contributed by atoms with van der Waals surface area (Å²) in [4.78, 5) is 16.0. The highest BCUT2D eigenvalue weighted by Crippen LogP contribution is 2.20. The van der Waals surface area contributed by atoms with Gasteiger partial charge in [0.25, 0.3) is 4.74 Å². The summed E-state index contributed by atoms with van der Waals surface area (Å²) in [7, 11) is -1.60. The standard InChI is InChI=1S/C16H16N2O3S2/c1-18-15-5-4-13(11-14(15)16(19)22-18)23(20,21)10-2-3-12-6-8-17-9-7-12/h4-9,11H,2-3,10H2,1H3. The quantitative estimate of drug-likeness (QED) is 0.710. The van der Waals surface area contributed by atoms with Crippen molar-refractivity contribution in [3.05, 3.63) is 57.8 Å². The normalized spacial score (nSPS) is 11.9. The van der Waals surface area contributed by atoms with Gasteiger partial charge in [-0.15, -0.1) is 0 Å². The molecule has 0 radical (unpaired) electrons. The molecule has 120 valence electrons. The Morgan fingerprint density at radius 3 is 2.65 bits per heavy atom. The van der Waals surface area contributed by atoms with E-state index in [1.165, 1.54) is 6.07 Å². The van der Waals surface area contributed by atoms with Gasteiger partial charge in [0.15, 0.2) is 9.84 Å². The largest absolute Gasteiger partial charge is 0.297 e. The Bertz CT molecular complexity index is 989. The van der Waals surface area contributed by atoms with E-state index in [4.69, 9.17) is 0 Å². The average molecular weight is 348 g/mol. The van der Waals surface area contributed by atoms with Crippen LogP contribution in [0.5, 0.6) is 0 Å². The zero-order chi connectivity index (χ0) is 16.4. The summed E-state index contributed by atoms with van der Waals surface area (Å²) in [6.45, 7) is 0. The van der Waals surface area contributed by atoms with Crippen molar-refractivity contribution >= 4 is 32.3 Å². The van der Waals surface area contributed by atoms with Crippen LogP contribution in [0.2, 0.25) is 0 Å². The Hall–Kier alpha value is -1.99. The molecule has 23 heavy (non-hydrogen) atoms. The zero-order valence-electron chi connectivity index (χ0n) is 12.6. The lowest BCUT2D eigenvalue weighted by Gasteiger charge is -2.05. The van der Waals surface area contributed by atoms with Gasteiger partial charge >= 0.3 is 0 Å². The lowest BCUT2D eigenvalue weighted by molar-refractivity contribution is 0.593. The van der Waals surface area contributed by atoms with Gasteiger partial charge in [-0.25, -0.2) is 8.42 Å². The summed E-state index contributed by atoms with van der Waals surface area (Å²) >= 11 is 1.08. The van der Waals surface area contributed by atoms with Gasteiger partial charge in [-0.3, -0.25) is 13.7 Å². The van der Waals surface area contributed by atoms with Gasteiger partial charge in [0.2, 0.25) is 0 Å². The van der Waals surface area contributed by atoms with Gasteiger partial charge in [0.1, 0.15) is 0 Å². The molecule has 0 fully saturated rings. The molecule has 5 nitrogen and oxygen atoms in total. The Balaban J connectivity index is 1.79. The molecular formula is C16H16N2O3S2. The van der Waals surface area contributed by atoms with Gasteiger partial charge in [0.05, 0.1) is 21.6 Å². The lowest BCUT2D eigenvalue weighted by Crippen LogP contribution is -2.08. The molecule has 1 aromatic carbocycles. The van der Waals surface area contributed by atoms with Crippen LogP contribution in [0.15, 0.2) is 52.4 Å². The highest BCUT2D eigenvalue weighted by molar-refractivity contribution is 7.91. The van der Waals surface area contributed by atoms with E-state index < -0.39 is 9.84 Å². The van der Waals surface area contributed by atoms with Crippen LogP contribution >= 0.6 is 11.5 Å². The number of fused-ring (bicyclic) bond motifs is 1. The first-order valence-electron chi connectivity index (χ1n) is 7.19. The number of aromatic nitrogens is 2. The molecule has 0 aliphatic carbocycles. The van der Waals surface area contributed by atoms with Crippen LogP contribution in [0.1, 0.15) is 12.0 Å². The van der Waals surface area contributed by atoms with E-state index in [9.17, 15) is 13.2 Å². The fourth-order valence-corrected chi connectivity index (χ4v) is 4.60. The first-order chi connectivity index (χ1) is 11.0. The number of hydrogen-bond acceptors (Lipinski definition) is 5. The van der Waals surface area contributed by atoms with E-state index in [-0.39, 0.29) is 15.4 Å². The van der Waals surface area contributed by atoms with Gasteiger partial charge in [0, 0.05) is 19.4 Å². The number of hydrogen-bond donors (Lipinski definition) is 0. The molecule has 0 unspecified atom stereocenters. The summed E-state index contributed by atoms with van der Waals surface area (Å²) < 4.78 is 26.6. The monoisotopic (exact) mass is 348 g/mol. The predicted octanol–water partition coefficient (Wildman–Crippen LogP) is 2.40. The molecule has 0 saturated carbocycles. The maximum atomic E-state index is 12.5. The molecule has 0 aliphatic heterocycles. The second kappa shape index (κ2) is 6.25. The molecule has 0 spiro atoms. The molecule has 0 aliphatic rings. The molecule has 7 heteroatoms. The second-order valence-electron chi connectivity index (χ2n) is 5.33. The van der Waals surface area contributed by atoms with E-state index in [0.717, 1.165) is 22.6 Å². The van der Waals surface area contributed by atoms with Crippen molar-refractivity contribution in [3.63, 3.8) is 0 Å². The lowest BCUT2D eigenvalue weighted by atomic mass is 10.2. The highest BCUT2D eigenvalue weighted by Gasteiger charge is 2.16. The van der Waals surface area contributed by atoms with Gasteiger partial charge in [-0.05, 0) is 60.3 Å². The van der Waals surface area contributed by atoms with Gasteiger partial charge in [-0.1, -0.05) is 0 Å². The van der Waals surface area contributed by atoms with Crippen LogP contribution in [0, 0.1) is 0 Å². The summed E-state index contributed by atoms with van der Waals surface area (Å²) in [6.07, 6.45) is 4.62. The van der Waals surface area contributed by atoms with Gasteiger partial charge in [-0.2, -0.15) is 0 Å². The van der Waals surface area contributed by atoms with Crippen LogP contribution in [0.3, 0.4) is 0 Å². The fraction of sp³-hybridized carbons (Fsp3) is 0.250. The van der Waals surface area contributed by atoms with Crippen LogP contribution in [0.4, 0.5) is 0 Å². The highest BCUT2D eigenvalue weighted by atomic mass is 32.2. The molecule has 2 aromatic heterocycles. The summed E-state index contributed by atoms with van der Waals surface area (Å²) in [5, 5.41) is 0.465. The van der Waals surface area contributed by atoms with Crippen LogP contribution in [-0.2, 0) is 23.3 Å². The Morgan fingerprint density at radius 1 is 1.17 bits per heavy atom. The number of aryl methyl sites for hydroxylation is 2. The van der Waals surface area contributed by atoms with Crippen molar-refractivity contribution in [2.45, 2.75) is 17.7 Å². The molecule has 0 amide bonds. The third kappa shape index (κ3) is 3.35. The van der Waals surface area contributed by atoms with E-state index in [1.807, 2.05) is 12.1 Å². The SMILES string of the molecule is Cn1sc(=O)c2cc(S(=O)(=O)CCCc3ccncc3)ccc21. The molecule has 0 N–H and O–H groups in total. The molecule has 0 atom stereocenters. The number of sulfone groups is 1. The first-order valence-corrected chi connectivity index (χ1v) is 9.62. The van der Waals surface area contributed by atoms with Crippen molar-refractivity contribution < 1.29 is 8.42 Å². The molecule has 3 aromatic rings. The summed E-state index contributed by atoms with van der Waals surface area (Å²) in [5.41, 5.74) is 1.83. The van der Waals surface area contributed by atoms with E-state index >= 15 is 0 Å². The van der Waals surface area contributed by atoms with Crippen molar-refractivity contribution in [1.29, 1.82) is 0 Å². The number of rotatable bonds is 5. The minimum atomic E-state index is -3.39. The Kier molecular flexibility index (Phi) is 4.32. The summed E-state index contributed by atoms with van der Waals surface area (Å²) in [6, 6.07) is 8.54. The van der Waals surface area contributed by atoms with Crippen molar-refractivity contribution in [1.82, 2.24) is 8.94 Å². The predicted molar refractivity (Wildman–Crippen MR) is 91.7 cm³/mol. The Morgan fingerprint density at radius 2 is 1.91 bits per heavy atom. The second-order valence-corrected chi connectivity index (χ2v) is 8.54. The third-order valence-electron chi connectivity index (χ3n) is 3.73. The summed E-state index contributed by atoms with van der Waals surface area (Å²) in [5.74, 6) is 0.0608. The van der Waals surface area contributed by atoms with Crippen LogP contribution < -0.4 is 4.74 Å². The van der Waals surface area contributed by atoms with Crippen LogP contribution in [0.25, 0.3) is 10.9 Å². The Labute approximate surface area is 138 Å². The number of pyridine rings is 1. The topological polar surface area (TPSA) is 69.0 Å². The smallest absolute Gasteiger partial charge is 0.257 e. The molecule has 0 saturated heterocycles. The van der Waals surface area contributed by atoms with Crippen molar-refractivity contribution in [2.75, 3.05) is 5.75 Å². The maximum Gasteiger partial charge on any atom is 0.257 e. The van der Waals surface area contributed by atoms with E-state index in [2.05, 4.69) is 4.98 Å². The third-order valence-corrected chi connectivity index (χ3v) is 6.39. The average Bonchev–Trinajstić information content (AvgIpc) is 2.82. The van der Waals surface area contributed by atoms with Crippen molar-refractivity contribution in [3.8, 4) is 0 Å². The van der Waals surface area contributed by atoms with E-state index in [0.29, 0.717) is 18.2 Å². The number of nitrogens with zero attached hydrogens (tertiary/aromatic N) is 2. The minimum absolute atomic E-state index is 0.0608. The fourth-order valence-electron chi connectivity index (χ4n) is 2.50. The van der Waals surface area contributed by atoms with E-state index in [1.54, 1.807) is 35.5 Å². The van der Waals surface area contributed by atoms with Crippen molar-refractivity contribution in [2.24, 2.45) is 7.05 Å². The number of benzene rings is 1. The molecule has 3 rings (SSSR count). The molecule has 0 bridgehead atoms.